The molecule has 0 aromatic carbocycles. The van der Waals surface area contributed by atoms with E-state index in [1.807, 2.05) is 0 Å². The summed E-state index contributed by atoms with van der Waals surface area (Å²) in [4.78, 5) is 2.55. The Kier molecular flexibility index (Phi) is 4.74. The van der Waals surface area contributed by atoms with Crippen molar-refractivity contribution in [3.8, 4) is 0 Å². The van der Waals surface area contributed by atoms with Crippen LogP contribution in [0.3, 0.4) is 0 Å². The molecule has 0 heterocycles. The summed E-state index contributed by atoms with van der Waals surface area (Å²) in [5, 5.41) is 3.59. The van der Waals surface area contributed by atoms with Gasteiger partial charge in [-0.2, -0.15) is 0 Å². The van der Waals surface area contributed by atoms with Crippen molar-refractivity contribution in [1.29, 1.82) is 0 Å². The van der Waals surface area contributed by atoms with Gasteiger partial charge in [-0.25, -0.2) is 0 Å². The topological polar surface area (TPSA) is 15.3 Å². The van der Waals surface area contributed by atoms with Gasteiger partial charge >= 0.3 is 0 Å². The van der Waals surface area contributed by atoms with E-state index in [0.717, 1.165) is 6.04 Å². The fourth-order valence-electron chi connectivity index (χ4n) is 1.73. The van der Waals surface area contributed by atoms with Crippen LogP contribution in [0.15, 0.2) is 0 Å². The van der Waals surface area contributed by atoms with Crippen molar-refractivity contribution < 1.29 is 0 Å². The number of nitrogens with zero attached hydrogens (tertiary/aromatic N) is 1. The monoisotopic (exact) mass is 184 g/mol. The van der Waals surface area contributed by atoms with E-state index in [9.17, 15) is 0 Å². The molecule has 13 heavy (non-hydrogen) atoms. The van der Waals surface area contributed by atoms with Gasteiger partial charge in [-0.05, 0) is 39.3 Å². The van der Waals surface area contributed by atoms with Gasteiger partial charge in [-0.3, -0.25) is 4.90 Å². The third-order valence-corrected chi connectivity index (χ3v) is 2.82. The lowest BCUT2D eigenvalue weighted by molar-refractivity contribution is 0.214. The van der Waals surface area contributed by atoms with Crippen LogP contribution in [0, 0.1) is 0 Å². The molecule has 1 atom stereocenters. The van der Waals surface area contributed by atoms with E-state index in [1.54, 1.807) is 0 Å². The highest BCUT2D eigenvalue weighted by molar-refractivity contribution is 4.82. The summed E-state index contributed by atoms with van der Waals surface area (Å²) in [6.45, 7) is 10.4. The average Bonchev–Trinajstić information content (AvgIpc) is 2.93. The van der Waals surface area contributed by atoms with E-state index < -0.39 is 0 Å². The molecule has 78 valence electrons. The van der Waals surface area contributed by atoms with Crippen molar-refractivity contribution in [3.63, 3.8) is 0 Å². The summed E-state index contributed by atoms with van der Waals surface area (Å²) in [6, 6.07) is 1.55. The van der Waals surface area contributed by atoms with E-state index in [2.05, 4.69) is 31.0 Å². The standard InChI is InChI=1S/C11H24N2/c1-4-8-13(5-2)10(3)9-12-11-6-7-11/h10-12H,4-9H2,1-3H3. The third kappa shape index (κ3) is 4.10. The Morgan fingerprint density at radius 3 is 2.54 bits per heavy atom. The van der Waals surface area contributed by atoms with Gasteiger partial charge < -0.3 is 5.32 Å². The van der Waals surface area contributed by atoms with Crippen molar-refractivity contribution in [1.82, 2.24) is 10.2 Å². The third-order valence-electron chi connectivity index (χ3n) is 2.82. The normalized spacial score (nSPS) is 19.4. The largest absolute Gasteiger partial charge is 0.312 e. The fourth-order valence-corrected chi connectivity index (χ4v) is 1.73. The van der Waals surface area contributed by atoms with Crippen LogP contribution in [0.25, 0.3) is 0 Å². The number of hydrogen-bond donors (Lipinski definition) is 1. The van der Waals surface area contributed by atoms with Gasteiger partial charge in [0.05, 0.1) is 0 Å². The van der Waals surface area contributed by atoms with Gasteiger partial charge in [0.15, 0.2) is 0 Å². The minimum atomic E-state index is 0.700. The molecule has 0 aromatic rings. The van der Waals surface area contributed by atoms with Crippen molar-refractivity contribution in [2.24, 2.45) is 0 Å². The highest BCUT2D eigenvalue weighted by Crippen LogP contribution is 2.18. The Hall–Kier alpha value is -0.0800. The second-order valence-electron chi connectivity index (χ2n) is 4.16. The maximum Gasteiger partial charge on any atom is 0.0192 e. The van der Waals surface area contributed by atoms with Gasteiger partial charge in [0, 0.05) is 18.6 Å². The van der Waals surface area contributed by atoms with Crippen molar-refractivity contribution in [2.45, 2.75) is 52.1 Å². The van der Waals surface area contributed by atoms with Crippen molar-refractivity contribution in [3.05, 3.63) is 0 Å². The van der Waals surface area contributed by atoms with Crippen LogP contribution < -0.4 is 5.32 Å². The molecule has 1 aliphatic carbocycles. The molecule has 1 saturated carbocycles. The minimum Gasteiger partial charge on any atom is -0.312 e. The number of rotatable bonds is 7. The van der Waals surface area contributed by atoms with E-state index in [0.29, 0.717) is 6.04 Å². The Morgan fingerprint density at radius 1 is 1.38 bits per heavy atom. The Balaban J connectivity index is 2.12. The van der Waals surface area contributed by atoms with Crippen LogP contribution in [0.4, 0.5) is 0 Å². The molecule has 0 radical (unpaired) electrons. The van der Waals surface area contributed by atoms with Gasteiger partial charge in [0.1, 0.15) is 0 Å². The lowest BCUT2D eigenvalue weighted by Gasteiger charge is -2.27. The molecule has 0 aliphatic heterocycles. The number of nitrogens with one attached hydrogen (secondary N) is 1. The first-order valence-electron chi connectivity index (χ1n) is 5.75. The molecule has 1 N–H and O–H groups in total. The first-order chi connectivity index (χ1) is 6.27. The molecule has 0 bridgehead atoms. The van der Waals surface area contributed by atoms with Crippen LogP contribution in [0.2, 0.25) is 0 Å². The van der Waals surface area contributed by atoms with Crippen LogP contribution >= 0.6 is 0 Å². The molecule has 1 fully saturated rings. The molecule has 1 rings (SSSR count). The molecule has 0 spiro atoms. The summed E-state index contributed by atoms with van der Waals surface area (Å²) < 4.78 is 0. The van der Waals surface area contributed by atoms with E-state index in [4.69, 9.17) is 0 Å². The predicted molar refractivity (Wildman–Crippen MR) is 58.0 cm³/mol. The Labute approximate surface area is 82.7 Å². The lowest BCUT2D eigenvalue weighted by Crippen LogP contribution is -2.41. The summed E-state index contributed by atoms with van der Waals surface area (Å²) in [7, 11) is 0. The first kappa shape index (κ1) is 11.0. The first-order valence-corrected chi connectivity index (χ1v) is 5.75. The molecule has 0 amide bonds. The predicted octanol–water partition coefficient (Wildman–Crippen LogP) is 1.86. The van der Waals surface area contributed by atoms with Gasteiger partial charge in [-0.1, -0.05) is 13.8 Å². The summed E-state index contributed by atoms with van der Waals surface area (Å²) in [5.74, 6) is 0. The summed E-state index contributed by atoms with van der Waals surface area (Å²) in [5.41, 5.74) is 0. The molecule has 0 aromatic heterocycles. The van der Waals surface area contributed by atoms with Crippen LogP contribution in [-0.2, 0) is 0 Å². The van der Waals surface area contributed by atoms with Crippen molar-refractivity contribution in [2.75, 3.05) is 19.6 Å². The van der Waals surface area contributed by atoms with E-state index >= 15 is 0 Å². The van der Waals surface area contributed by atoms with Crippen LogP contribution in [0.5, 0.6) is 0 Å². The highest BCUT2D eigenvalue weighted by Gasteiger charge is 2.21. The van der Waals surface area contributed by atoms with Crippen LogP contribution in [0.1, 0.15) is 40.0 Å². The van der Waals surface area contributed by atoms with Gasteiger partial charge in [0.25, 0.3) is 0 Å². The van der Waals surface area contributed by atoms with Crippen molar-refractivity contribution >= 4 is 0 Å². The lowest BCUT2D eigenvalue weighted by atomic mass is 10.2. The van der Waals surface area contributed by atoms with E-state index in [-0.39, 0.29) is 0 Å². The summed E-state index contributed by atoms with van der Waals surface area (Å²) >= 11 is 0. The number of likely N-dealkylation sites (N-methyl/N-ethyl adjacent to an activating group) is 1. The highest BCUT2D eigenvalue weighted by atomic mass is 15.2. The molecule has 2 nitrogen and oxygen atoms in total. The maximum atomic E-state index is 3.59. The molecular weight excluding hydrogens is 160 g/mol. The van der Waals surface area contributed by atoms with Gasteiger partial charge in [0.2, 0.25) is 0 Å². The number of hydrogen-bond acceptors (Lipinski definition) is 2. The molecule has 1 aliphatic rings. The SMILES string of the molecule is CCCN(CC)C(C)CNC1CC1. The molecule has 1 unspecified atom stereocenters. The quantitative estimate of drug-likeness (QED) is 0.649. The average molecular weight is 184 g/mol. The summed E-state index contributed by atoms with van der Waals surface area (Å²) in [6.07, 6.45) is 4.06. The zero-order valence-electron chi connectivity index (χ0n) is 9.34. The fraction of sp³-hybridized carbons (Fsp3) is 1.00. The molecule has 0 saturated heterocycles. The smallest absolute Gasteiger partial charge is 0.0192 e. The zero-order valence-corrected chi connectivity index (χ0v) is 9.34. The second kappa shape index (κ2) is 5.61. The second-order valence-corrected chi connectivity index (χ2v) is 4.16. The van der Waals surface area contributed by atoms with Gasteiger partial charge in [-0.15, -0.1) is 0 Å². The maximum absolute atomic E-state index is 3.59. The zero-order chi connectivity index (χ0) is 9.68. The molecule has 2 heteroatoms. The minimum absolute atomic E-state index is 0.700. The Morgan fingerprint density at radius 2 is 2.08 bits per heavy atom. The Bertz CT molecular complexity index is 132. The van der Waals surface area contributed by atoms with Crippen LogP contribution in [-0.4, -0.2) is 36.6 Å². The van der Waals surface area contributed by atoms with E-state index in [1.165, 1.54) is 38.9 Å². The molecular formula is C11H24N2.